The third kappa shape index (κ3) is 6.62. The van der Waals surface area contributed by atoms with Gasteiger partial charge in [-0.2, -0.15) is 0 Å². The van der Waals surface area contributed by atoms with Gasteiger partial charge in [0.1, 0.15) is 6.04 Å². The Kier molecular flexibility index (Phi) is 9.82. The molecule has 0 unspecified atom stereocenters. The van der Waals surface area contributed by atoms with Crippen LogP contribution in [0.1, 0.15) is 17.2 Å². The molecule has 0 aliphatic rings. The van der Waals surface area contributed by atoms with Crippen molar-refractivity contribution >= 4 is 62.3 Å². The number of anilines is 3. The highest BCUT2D eigenvalue weighted by molar-refractivity contribution is 7.74. The van der Waals surface area contributed by atoms with Crippen molar-refractivity contribution in [2.45, 2.75) is 18.6 Å². The molecule has 9 nitrogen and oxygen atoms in total. The minimum absolute atomic E-state index is 0.279. The molecule has 0 aliphatic carbocycles. The smallest absolute Gasteiger partial charge is 0.339 e. The van der Waals surface area contributed by atoms with Gasteiger partial charge in [0.25, 0.3) is 0 Å². The Labute approximate surface area is 244 Å². The van der Waals surface area contributed by atoms with E-state index in [1.54, 1.807) is 54.6 Å². The second-order valence-electron chi connectivity index (χ2n) is 8.97. The minimum Gasteiger partial charge on any atom is -0.467 e. The molecule has 4 aromatic rings. The Bertz CT molecular complexity index is 1620. The molecule has 214 valence electrons. The van der Waals surface area contributed by atoms with Gasteiger partial charge in [-0.3, -0.25) is 0 Å². The average Bonchev–Trinajstić information content (AvgIpc) is 2.99. The predicted molar refractivity (Wildman–Crippen MR) is 159 cm³/mol. The first-order valence-electron chi connectivity index (χ1n) is 12.5. The largest absolute Gasteiger partial charge is 0.467 e. The van der Waals surface area contributed by atoms with E-state index in [4.69, 9.17) is 25.8 Å². The maximum Gasteiger partial charge on any atom is 0.339 e. The Morgan fingerprint density at radius 1 is 0.829 bits per heavy atom. The van der Waals surface area contributed by atoms with Crippen LogP contribution >= 0.6 is 11.6 Å². The number of halogens is 1. The molecule has 0 aromatic heterocycles. The average molecular weight is 597 g/mol. The first kappa shape index (κ1) is 29.9. The van der Waals surface area contributed by atoms with Gasteiger partial charge >= 0.3 is 11.9 Å². The van der Waals surface area contributed by atoms with Crippen molar-refractivity contribution in [2.75, 3.05) is 31.0 Å². The van der Waals surface area contributed by atoms with Crippen LogP contribution in [0.15, 0.2) is 84.9 Å². The van der Waals surface area contributed by atoms with Crippen molar-refractivity contribution < 1.29 is 32.2 Å². The van der Waals surface area contributed by atoms with Gasteiger partial charge in [0, 0.05) is 35.0 Å². The van der Waals surface area contributed by atoms with Crippen molar-refractivity contribution in [1.29, 1.82) is 0 Å². The fraction of sp³-hybridized carbons (Fsp3) is 0.200. The van der Waals surface area contributed by atoms with E-state index in [0.29, 0.717) is 38.4 Å². The van der Waals surface area contributed by atoms with Crippen molar-refractivity contribution in [1.82, 2.24) is 0 Å². The summed E-state index contributed by atoms with van der Waals surface area (Å²) >= 11 is 6.34. The molecule has 0 radical (unpaired) electrons. The summed E-state index contributed by atoms with van der Waals surface area (Å²) in [7, 11) is 0.860. The number of rotatable bonds is 11. The quantitative estimate of drug-likeness (QED) is 0.179. The summed E-state index contributed by atoms with van der Waals surface area (Å²) in [4.78, 5) is 24.8. The Hall–Kier alpha value is -4.12. The summed E-state index contributed by atoms with van der Waals surface area (Å²) in [6.45, 7) is 0. The van der Waals surface area contributed by atoms with Crippen LogP contribution in [0.5, 0.6) is 0 Å². The van der Waals surface area contributed by atoms with E-state index in [1.807, 2.05) is 30.3 Å². The van der Waals surface area contributed by atoms with Gasteiger partial charge in [-0.25, -0.2) is 22.3 Å². The SMILES string of the molecule is COC(=O)[C@H](Cc1ccccc1Cl)Nc1ccc(N(c2ccc([C@H](OC)C(=O)OC)cc2)[SH](=O)=O)c2ccccc12. The third-order valence-corrected chi connectivity index (χ3v) is 7.72. The molecular formula is C30H29ClN2O7S. The molecule has 0 saturated heterocycles. The highest BCUT2D eigenvalue weighted by Crippen LogP contribution is 2.37. The number of carbonyl (C=O) groups is 2. The van der Waals surface area contributed by atoms with E-state index in [1.165, 1.54) is 25.6 Å². The number of carbonyl (C=O) groups excluding carboxylic acids is 2. The molecule has 41 heavy (non-hydrogen) atoms. The van der Waals surface area contributed by atoms with Crippen LogP contribution in [0, 0.1) is 0 Å². The van der Waals surface area contributed by atoms with Gasteiger partial charge in [0.15, 0.2) is 6.10 Å². The molecule has 0 spiro atoms. The second kappa shape index (κ2) is 13.5. The van der Waals surface area contributed by atoms with Gasteiger partial charge in [0.2, 0.25) is 10.9 Å². The number of fused-ring (bicyclic) bond motifs is 1. The van der Waals surface area contributed by atoms with Crippen molar-refractivity contribution in [3.63, 3.8) is 0 Å². The van der Waals surface area contributed by atoms with E-state index in [2.05, 4.69) is 5.32 Å². The van der Waals surface area contributed by atoms with Crippen molar-refractivity contribution in [3.05, 3.63) is 101 Å². The molecule has 0 heterocycles. The molecule has 0 aliphatic heterocycles. The molecule has 2 atom stereocenters. The topological polar surface area (TPSA) is 111 Å². The lowest BCUT2D eigenvalue weighted by Crippen LogP contribution is -2.33. The first-order chi connectivity index (χ1) is 19.8. The molecular weight excluding hydrogens is 568 g/mol. The Balaban J connectivity index is 1.73. The molecule has 1 N–H and O–H groups in total. The zero-order valence-corrected chi connectivity index (χ0v) is 24.2. The van der Waals surface area contributed by atoms with Crippen LogP contribution in [-0.2, 0) is 41.1 Å². The predicted octanol–water partition coefficient (Wildman–Crippen LogP) is 5.21. The molecule has 0 bridgehead atoms. The third-order valence-electron chi connectivity index (χ3n) is 6.58. The highest BCUT2D eigenvalue weighted by Gasteiger charge is 2.24. The monoisotopic (exact) mass is 596 g/mol. The van der Waals surface area contributed by atoms with Gasteiger partial charge in [0.05, 0.1) is 25.6 Å². The van der Waals surface area contributed by atoms with E-state index in [9.17, 15) is 18.0 Å². The zero-order valence-electron chi connectivity index (χ0n) is 22.6. The van der Waals surface area contributed by atoms with Crippen LogP contribution in [-0.4, -0.2) is 47.7 Å². The Morgan fingerprint density at radius 3 is 2.07 bits per heavy atom. The number of nitrogens with zero attached hydrogens (tertiary/aromatic N) is 1. The number of nitrogens with one attached hydrogen (secondary N) is 1. The fourth-order valence-corrected chi connectivity index (χ4v) is 5.47. The molecule has 0 saturated carbocycles. The maximum atomic E-state index is 12.7. The van der Waals surface area contributed by atoms with Crippen molar-refractivity contribution in [2.24, 2.45) is 0 Å². The minimum atomic E-state index is -3.11. The first-order valence-corrected chi connectivity index (χ1v) is 14.0. The number of thiol groups is 1. The fourth-order valence-electron chi connectivity index (χ4n) is 4.59. The lowest BCUT2D eigenvalue weighted by atomic mass is 10.0. The summed E-state index contributed by atoms with van der Waals surface area (Å²) in [5, 5.41) is 5.13. The number of methoxy groups -OCH3 is 3. The lowest BCUT2D eigenvalue weighted by Gasteiger charge is -2.24. The number of hydrogen-bond donors (Lipinski definition) is 2. The summed E-state index contributed by atoms with van der Waals surface area (Å²) in [6.07, 6.45) is -0.662. The van der Waals surface area contributed by atoms with E-state index in [0.717, 1.165) is 5.56 Å². The number of ether oxygens (including phenoxy) is 3. The van der Waals surface area contributed by atoms with Gasteiger partial charge in [-0.1, -0.05) is 66.2 Å². The van der Waals surface area contributed by atoms with Gasteiger partial charge in [-0.05, 0) is 41.5 Å². The molecule has 4 rings (SSSR count). The van der Waals surface area contributed by atoms with Crippen LogP contribution < -0.4 is 9.62 Å². The standard InChI is InChI=1S/C30H29ClN2O7S/c1-38-28(30(35)40-3)19-12-14-21(15-13-19)33(41(36)37)27-17-16-25(22-9-5-6-10-23(22)27)32-26(29(34)39-2)18-20-8-4-7-11-24(20)31/h4-17,26,28,32,41H,18H2,1-3H3/t26-,28-/m0/s1. The van der Waals surface area contributed by atoms with Gasteiger partial charge < -0.3 is 19.5 Å². The molecule has 4 aromatic carbocycles. The van der Waals surface area contributed by atoms with E-state index in [-0.39, 0.29) is 6.42 Å². The van der Waals surface area contributed by atoms with E-state index < -0.39 is 35.0 Å². The summed E-state index contributed by atoms with van der Waals surface area (Å²) in [6, 6.07) is 23.6. The molecule has 11 heteroatoms. The van der Waals surface area contributed by atoms with E-state index >= 15 is 0 Å². The van der Waals surface area contributed by atoms with Crippen LogP contribution in [0.4, 0.5) is 17.1 Å². The highest BCUT2D eigenvalue weighted by atomic mass is 35.5. The van der Waals surface area contributed by atoms with Crippen molar-refractivity contribution in [3.8, 4) is 0 Å². The molecule has 0 fully saturated rings. The lowest BCUT2D eigenvalue weighted by molar-refractivity contribution is -0.152. The number of hydrogen-bond acceptors (Lipinski definition) is 8. The Morgan fingerprint density at radius 2 is 1.46 bits per heavy atom. The van der Waals surface area contributed by atoms with Crippen LogP contribution in [0.3, 0.4) is 0 Å². The number of esters is 2. The van der Waals surface area contributed by atoms with Gasteiger partial charge in [-0.15, -0.1) is 0 Å². The second-order valence-corrected chi connectivity index (χ2v) is 10.3. The zero-order chi connectivity index (χ0) is 29.5. The van der Waals surface area contributed by atoms with Crippen LogP contribution in [0.2, 0.25) is 5.02 Å². The summed E-state index contributed by atoms with van der Waals surface area (Å²) < 4.78 is 41.4. The number of benzene rings is 4. The summed E-state index contributed by atoms with van der Waals surface area (Å²) in [5.41, 5.74) is 2.68. The van der Waals surface area contributed by atoms with Crippen LogP contribution in [0.25, 0.3) is 10.8 Å². The summed E-state index contributed by atoms with van der Waals surface area (Å²) in [5.74, 6) is -1.04. The normalized spacial score (nSPS) is 12.5. The maximum absolute atomic E-state index is 12.7. The molecule has 0 amide bonds.